The van der Waals surface area contributed by atoms with Crippen LogP contribution in [0.3, 0.4) is 0 Å². The van der Waals surface area contributed by atoms with E-state index < -0.39 is 0 Å². The van der Waals surface area contributed by atoms with Gasteiger partial charge in [0.25, 0.3) is 0 Å². The lowest BCUT2D eigenvalue weighted by Crippen LogP contribution is -2.42. The summed E-state index contributed by atoms with van der Waals surface area (Å²) in [5.41, 5.74) is 5.72. The molecule has 2 aliphatic rings. The Morgan fingerprint density at radius 3 is 3.00 bits per heavy atom. The molecule has 2 atom stereocenters. The highest BCUT2D eigenvalue weighted by molar-refractivity contribution is 4.82. The van der Waals surface area contributed by atoms with Crippen molar-refractivity contribution in [1.82, 2.24) is 4.90 Å². The molecule has 2 heterocycles. The molecular weight excluding hydrogens is 180 g/mol. The van der Waals surface area contributed by atoms with Crippen LogP contribution in [0.4, 0.5) is 0 Å². The molecule has 2 fully saturated rings. The van der Waals surface area contributed by atoms with E-state index in [1.165, 1.54) is 19.4 Å². The fourth-order valence-corrected chi connectivity index (χ4v) is 2.31. The molecule has 0 amide bonds. The second-order valence-corrected chi connectivity index (χ2v) is 4.13. The largest absolute Gasteiger partial charge is 0.355 e. The van der Waals surface area contributed by atoms with Crippen molar-refractivity contribution in [2.75, 3.05) is 33.0 Å². The number of likely N-dealkylation sites (tertiary alicyclic amines) is 1. The number of nitrogens with two attached hydrogens (primary N) is 1. The molecule has 2 rings (SSSR count). The van der Waals surface area contributed by atoms with Crippen molar-refractivity contribution >= 4 is 0 Å². The van der Waals surface area contributed by atoms with Crippen LogP contribution >= 0.6 is 0 Å². The van der Waals surface area contributed by atoms with Crippen molar-refractivity contribution in [2.45, 2.75) is 31.4 Å². The maximum Gasteiger partial charge on any atom is 0.147 e. The highest BCUT2D eigenvalue weighted by atomic mass is 16.7. The van der Waals surface area contributed by atoms with Gasteiger partial charge in [-0.05, 0) is 25.8 Å². The van der Waals surface area contributed by atoms with Gasteiger partial charge < -0.3 is 15.2 Å². The van der Waals surface area contributed by atoms with Gasteiger partial charge in [0, 0.05) is 19.1 Å². The summed E-state index contributed by atoms with van der Waals surface area (Å²) >= 11 is 0. The Morgan fingerprint density at radius 2 is 2.29 bits per heavy atom. The van der Waals surface area contributed by atoms with Gasteiger partial charge in [-0.1, -0.05) is 0 Å². The van der Waals surface area contributed by atoms with Crippen molar-refractivity contribution in [1.29, 1.82) is 0 Å². The van der Waals surface area contributed by atoms with Crippen LogP contribution in [0.1, 0.15) is 19.3 Å². The summed E-state index contributed by atoms with van der Waals surface area (Å²) in [6.07, 6.45) is 3.91. The molecule has 2 unspecified atom stereocenters. The van der Waals surface area contributed by atoms with E-state index in [2.05, 4.69) is 4.90 Å². The molecule has 2 saturated heterocycles. The maximum atomic E-state index is 5.72. The number of hydrogen-bond acceptors (Lipinski definition) is 4. The Balaban J connectivity index is 1.77. The lowest BCUT2D eigenvalue weighted by atomic mass is 10.2. The van der Waals surface area contributed by atoms with Crippen LogP contribution < -0.4 is 5.73 Å². The van der Waals surface area contributed by atoms with Gasteiger partial charge >= 0.3 is 0 Å². The predicted molar refractivity (Wildman–Crippen MR) is 54.0 cm³/mol. The topological polar surface area (TPSA) is 47.7 Å². The highest BCUT2D eigenvalue weighted by Crippen LogP contribution is 2.18. The molecule has 14 heavy (non-hydrogen) atoms. The van der Waals surface area contributed by atoms with Crippen LogP contribution in [0.2, 0.25) is 0 Å². The van der Waals surface area contributed by atoms with E-state index in [1.54, 1.807) is 0 Å². The zero-order chi connectivity index (χ0) is 9.80. The van der Waals surface area contributed by atoms with Crippen molar-refractivity contribution in [3.05, 3.63) is 0 Å². The fraction of sp³-hybridized carbons (Fsp3) is 1.00. The molecular formula is C10H20N2O2. The minimum absolute atomic E-state index is 0.357. The third kappa shape index (κ3) is 2.45. The first-order valence-corrected chi connectivity index (χ1v) is 5.53. The Kier molecular flexibility index (Phi) is 3.75. The minimum atomic E-state index is 0.357. The zero-order valence-electron chi connectivity index (χ0n) is 8.65. The Hall–Kier alpha value is -0.160. The van der Waals surface area contributed by atoms with E-state index in [-0.39, 0.29) is 0 Å². The average molecular weight is 200 g/mol. The molecule has 0 aromatic heterocycles. The maximum absolute atomic E-state index is 5.72. The summed E-state index contributed by atoms with van der Waals surface area (Å²) in [4.78, 5) is 2.47. The summed E-state index contributed by atoms with van der Waals surface area (Å²) in [5.74, 6) is 0. The van der Waals surface area contributed by atoms with Gasteiger partial charge in [-0.3, -0.25) is 4.90 Å². The normalized spacial score (nSPS) is 34.9. The van der Waals surface area contributed by atoms with Gasteiger partial charge in [0.05, 0.1) is 12.7 Å². The number of nitrogens with zero attached hydrogens (tertiary/aromatic N) is 1. The number of ether oxygens (including phenoxy) is 2. The number of rotatable bonds is 3. The summed E-state index contributed by atoms with van der Waals surface area (Å²) in [5, 5.41) is 0. The molecule has 2 aliphatic heterocycles. The second-order valence-electron chi connectivity index (χ2n) is 4.13. The summed E-state index contributed by atoms with van der Waals surface area (Å²) in [7, 11) is 0. The molecule has 4 nitrogen and oxygen atoms in total. The predicted octanol–water partition coefficient (Wildman–Crippen LogP) is 0.172. The van der Waals surface area contributed by atoms with Crippen molar-refractivity contribution < 1.29 is 9.47 Å². The molecule has 0 radical (unpaired) electrons. The number of hydrogen-bond donors (Lipinski definition) is 1. The van der Waals surface area contributed by atoms with Crippen LogP contribution in [0, 0.1) is 0 Å². The molecule has 82 valence electrons. The van der Waals surface area contributed by atoms with Crippen molar-refractivity contribution in [3.8, 4) is 0 Å². The van der Waals surface area contributed by atoms with E-state index in [4.69, 9.17) is 15.2 Å². The van der Waals surface area contributed by atoms with Crippen molar-refractivity contribution in [3.63, 3.8) is 0 Å². The van der Waals surface area contributed by atoms with Crippen molar-refractivity contribution in [2.24, 2.45) is 5.73 Å². The van der Waals surface area contributed by atoms with Crippen LogP contribution in [-0.2, 0) is 9.47 Å². The van der Waals surface area contributed by atoms with E-state index in [1.807, 2.05) is 0 Å². The van der Waals surface area contributed by atoms with Gasteiger partial charge in [0.15, 0.2) is 0 Å². The molecule has 0 aromatic carbocycles. The molecule has 2 N–H and O–H groups in total. The Labute approximate surface area is 85.3 Å². The highest BCUT2D eigenvalue weighted by Gasteiger charge is 2.26. The second kappa shape index (κ2) is 5.07. The van der Waals surface area contributed by atoms with Gasteiger partial charge in [-0.2, -0.15) is 0 Å². The Bertz CT molecular complexity index is 172. The summed E-state index contributed by atoms with van der Waals surface area (Å²) in [6.45, 7) is 4.30. The SMILES string of the molecule is NCC1CCCN1CC1CCOCO1. The molecule has 0 aromatic rings. The lowest BCUT2D eigenvalue weighted by molar-refractivity contribution is -0.145. The van der Waals surface area contributed by atoms with Gasteiger partial charge in [-0.25, -0.2) is 0 Å². The average Bonchev–Trinajstić information content (AvgIpc) is 2.67. The Morgan fingerprint density at radius 1 is 1.36 bits per heavy atom. The first kappa shape index (κ1) is 10.4. The molecule has 4 heteroatoms. The summed E-state index contributed by atoms with van der Waals surface area (Å²) in [6, 6.07) is 0.585. The third-order valence-corrected chi connectivity index (χ3v) is 3.18. The van der Waals surface area contributed by atoms with Gasteiger partial charge in [-0.15, -0.1) is 0 Å². The van der Waals surface area contributed by atoms with E-state index in [0.29, 0.717) is 18.9 Å². The lowest BCUT2D eigenvalue weighted by Gasteiger charge is -2.30. The molecule has 0 saturated carbocycles. The van der Waals surface area contributed by atoms with Gasteiger partial charge in [0.1, 0.15) is 6.79 Å². The fourth-order valence-electron chi connectivity index (χ4n) is 2.31. The standard InChI is InChI=1S/C10H20N2O2/c11-6-9-2-1-4-12(9)7-10-3-5-13-8-14-10/h9-10H,1-8,11H2. The summed E-state index contributed by atoms with van der Waals surface area (Å²) < 4.78 is 10.7. The molecule has 0 aliphatic carbocycles. The quantitative estimate of drug-likeness (QED) is 0.705. The van der Waals surface area contributed by atoms with Gasteiger partial charge in [0.2, 0.25) is 0 Å². The smallest absolute Gasteiger partial charge is 0.147 e. The first-order chi connectivity index (χ1) is 6.90. The van der Waals surface area contributed by atoms with Crippen LogP contribution in [0.5, 0.6) is 0 Å². The van der Waals surface area contributed by atoms with E-state index in [9.17, 15) is 0 Å². The van der Waals surface area contributed by atoms with E-state index >= 15 is 0 Å². The zero-order valence-corrected chi connectivity index (χ0v) is 8.65. The molecule has 0 bridgehead atoms. The van der Waals surface area contributed by atoms with Crippen LogP contribution in [0.15, 0.2) is 0 Å². The third-order valence-electron chi connectivity index (χ3n) is 3.18. The van der Waals surface area contributed by atoms with E-state index in [0.717, 1.165) is 26.1 Å². The van der Waals surface area contributed by atoms with Crippen LogP contribution in [0.25, 0.3) is 0 Å². The molecule has 0 spiro atoms. The monoisotopic (exact) mass is 200 g/mol. The minimum Gasteiger partial charge on any atom is -0.355 e. The van der Waals surface area contributed by atoms with Crippen LogP contribution in [-0.4, -0.2) is 50.1 Å². The first-order valence-electron chi connectivity index (χ1n) is 5.53.